The molecule has 0 aliphatic heterocycles. The molecule has 2 aromatic rings. The average Bonchev–Trinajstić information content (AvgIpc) is 2.53. The van der Waals surface area contributed by atoms with E-state index in [-0.39, 0.29) is 24.7 Å². The summed E-state index contributed by atoms with van der Waals surface area (Å²) in [6, 6.07) is 15.0. The van der Waals surface area contributed by atoms with Crippen LogP contribution in [0.15, 0.2) is 48.5 Å². The van der Waals surface area contributed by atoms with E-state index in [2.05, 4.69) is 0 Å². The third kappa shape index (κ3) is 5.14. The molecule has 2 amide bonds. The van der Waals surface area contributed by atoms with Gasteiger partial charge in [-0.05, 0) is 36.1 Å². The van der Waals surface area contributed by atoms with Gasteiger partial charge in [0.2, 0.25) is 11.8 Å². The Labute approximate surface area is 135 Å². The number of amides is 2. The van der Waals surface area contributed by atoms with E-state index in [1.165, 1.54) is 0 Å². The lowest BCUT2D eigenvalue weighted by atomic mass is 10.1. The Balaban J connectivity index is 2.19. The van der Waals surface area contributed by atoms with Gasteiger partial charge in [-0.25, -0.2) is 0 Å². The molecule has 0 aromatic heterocycles. The Morgan fingerprint density at radius 2 is 1.13 bits per heavy atom. The van der Waals surface area contributed by atoms with E-state index in [0.29, 0.717) is 24.3 Å². The largest absolute Gasteiger partial charge is 0.457 e. The molecule has 23 heavy (non-hydrogen) atoms. The van der Waals surface area contributed by atoms with Crippen LogP contribution in [0.3, 0.4) is 0 Å². The van der Waals surface area contributed by atoms with Gasteiger partial charge in [-0.1, -0.05) is 36.4 Å². The fraction of sp³-hybridized carbons (Fsp3) is 0.222. The number of hydrogen-bond acceptors (Lipinski definition) is 3. The Kier molecular flexibility index (Phi) is 5.74. The second kappa shape index (κ2) is 7.98. The summed E-state index contributed by atoms with van der Waals surface area (Å²) >= 11 is 0. The molecule has 2 rings (SSSR count). The first-order chi connectivity index (χ1) is 11.1. The lowest BCUT2D eigenvalue weighted by Gasteiger charge is -2.13. The van der Waals surface area contributed by atoms with Crippen LogP contribution < -0.4 is 16.2 Å². The van der Waals surface area contributed by atoms with E-state index in [4.69, 9.17) is 16.2 Å². The SMILES string of the molecule is NC(=O)CCc1ccccc1Oc1ccccc1CCC(N)=O. The second-order valence-electron chi connectivity index (χ2n) is 5.25. The minimum absolute atomic E-state index is 0.268. The number of carbonyl (C=O) groups excluding carboxylic acids is 2. The van der Waals surface area contributed by atoms with Gasteiger partial charge in [0.15, 0.2) is 0 Å². The molecule has 0 saturated carbocycles. The second-order valence-corrected chi connectivity index (χ2v) is 5.25. The molecule has 0 aliphatic carbocycles. The molecule has 0 heterocycles. The fourth-order valence-electron chi connectivity index (χ4n) is 2.25. The van der Waals surface area contributed by atoms with Gasteiger partial charge in [0.25, 0.3) is 0 Å². The topological polar surface area (TPSA) is 95.4 Å². The highest BCUT2D eigenvalue weighted by molar-refractivity contribution is 5.74. The standard InChI is InChI=1S/C18H20N2O3/c19-17(21)11-9-13-5-1-3-7-15(13)23-16-8-4-2-6-14(16)10-12-18(20)22/h1-8H,9-12H2,(H2,19,21)(H2,20,22). The van der Waals surface area contributed by atoms with Crippen molar-refractivity contribution in [2.45, 2.75) is 25.7 Å². The number of aryl methyl sites for hydroxylation is 2. The van der Waals surface area contributed by atoms with Gasteiger partial charge < -0.3 is 16.2 Å². The van der Waals surface area contributed by atoms with Gasteiger partial charge in [-0.15, -0.1) is 0 Å². The van der Waals surface area contributed by atoms with Crippen LogP contribution in [0.1, 0.15) is 24.0 Å². The zero-order valence-corrected chi connectivity index (χ0v) is 12.8. The van der Waals surface area contributed by atoms with Crippen LogP contribution in [0.25, 0.3) is 0 Å². The highest BCUT2D eigenvalue weighted by Crippen LogP contribution is 2.29. The van der Waals surface area contributed by atoms with Crippen molar-refractivity contribution in [2.75, 3.05) is 0 Å². The summed E-state index contributed by atoms with van der Waals surface area (Å²) in [4.78, 5) is 22.0. The highest BCUT2D eigenvalue weighted by atomic mass is 16.5. The predicted octanol–water partition coefficient (Wildman–Crippen LogP) is 2.31. The summed E-state index contributed by atoms with van der Waals surface area (Å²) in [5.41, 5.74) is 12.2. The average molecular weight is 312 g/mol. The predicted molar refractivity (Wildman–Crippen MR) is 88.0 cm³/mol. The van der Waals surface area contributed by atoms with Crippen molar-refractivity contribution in [1.82, 2.24) is 0 Å². The minimum atomic E-state index is -0.346. The van der Waals surface area contributed by atoms with Gasteiger partial charge in [0.1, 0.15) is 11.5 Å². The van der Waals surface area contributed by atoms with Crippen molar-refractivity contribution in [2.24, 2.45) is 11.5 Å². The number of hydrogen-bond donors (Lipinski definition) is 2. The van der Waals surface area contributed by atoms with Crippen LogP contribution >= 0.6 is 0 Å². The number of benzene rings is 2. The molecule has 0 atom stereocenters. The fourth-order valence-corrected chi connectivity index (χ4v) is 2.25. The Bertz CT molecular complexity index is 639. The maximum Gasteiger partial charge on any atom is 0.217 e. The summed E-state index contributed by atoms with van der Waals surface area (Å²) in [7, 11) is 0. The highest BCUT2D eigenvalue weighted by Gasteiger charge is 2.09. The van der Waals surface area contributed by atoms with Gasteiger partial charge in [0, 0.05) is 12.8 Å². The molecule has 0 unspecified atom stereocenters. The number of ether oxygens (including phenoxy) is 1. The van der Waals surface area contributed by atoms with Crippen LogP contribution in [-0.4, -0.2) is 11.8 Å². The number of primary amides is 2. The van der Waals surface area contributed by atoms with Crippen LogP contribution in [0.2, 0.25) is 0 Å². The van der Waals surface area contributed by atoms with E-state index in [9.17, 15) is 9.59 Å². The quantitative estimate of drug-likeness (QED) is 0.783. The number of rotatable bonds is 8. The zero-order valence-electron chi connectivity index (χ0n) is 12.8. The zero-order chi connectivity index (χ0) is 16.7. The van der Waals surface area contributed by atoms with E-state index in [1.54, 1.807) is 0 Å². The number of para-hydroxylation sites is 2. The van der Waals surface area contributed by atoms with Crippen LogP contribution in [-0.2, 0) is 22.4 Å². The van der Waals surface area contributed by atoms with Gasteiger partial charge in [0.05, 0.1) is 0 Å². The first kappa shape index (κ1) is 16.5. The molecule has 4 N–H and O–H groups in total. The van der Waals surface area contributed by atoms with E-state index < -0.39 is 0 Å². The molecule has 2 aromatic carbocycles. The molecule has 120 valence electrons. The van der Waals surface area contributed by atoms with E-state index >= 15 is 0 Å². The maximum absolute atomic E-state index is 11.0. The van der Waals surface area contributed by atoms with Gasteiger partial charge >= 0.3 is 0 Å². The van der Waals surface area contributed by atoms with Crippen molar-refractivity contribution in [1.29, 1.82) is 0 Å². The summed E-state index contributed by atoms with van der Waals surface area (Å²) in [6.07, 6.45) is 1.58. The number of carbonyl (C=O) groups is 2. The smallest absolute Gasteiger partial charge is 0.217 e. The van der Waals surface area contributed by atoms with Crippen molar-refractivity contribution in [3.63, 3.8) is 0 Å². The van der Waals surface area contributed by atoms with Crippen molar-refractivity contribution < 1.29 is 14.3 Å². The van der Waals surface area contributed by atoms with Crippen LogP contribution in [0, 0.1) is 0 Å². The lowest BCUT2D eigenvalue weighted by molar-refractivity contribution is -0.118. The summed E-state index contributed by atoms with van der Waals surface area (Å²) in [5.74, 6) is 0.670. The molecule has 0 fully saturated rings. The molecular formula is C18H20N2O3. The molecule has 0 bridgehead atoms. The molecule has 5 heteroatoms. The molecular weight excluding hydrogens is 292 g/mol. The normalized spacial score (nSPS) is 10.3. The van der Waals surface area contributed by atoms with Crippen LogP contribution in [0.4, 0.5) is 0 Å². The Morgan fingerprint density at radius 3 is 1.52 bits per heavy atom. The Hall–Kier alpha value is -2.82. The number of nitrogens with two attached hydrogens (primary N) is 2. The van der Waals surface area contributed by atoms with E-state index in [1.807, 2.05) is 48.5 Å². The first-order valence-corrected chi connectivity index (χ1v) is 7.46. The molecule has 0 saturated heterocycles. The van der Waals surface area contributed by atoms with Gasteiger partial charge in [-0.3, -0.25) is 9.59 Å². The van der Waals surface area contributed by atoms with E-state index in [0.717, 1.165) is 11.1 Å². The van der Waals surface area contributed by atoms with Gasteiger partial charge in [-0.2, -0.15) is 0 Å². The minimum Gasteiger partial charge on any atom is -0.457 e. The molecule has 5 nitrogen and oxygen atoms in total. The maximum atomic E-state index is 11.0. The first-order valence-electron chi connectivity index (χ1n) is 7.46. The van der Waals surface area contributed by atoms with Crippen molar-refractivity contribution in [3.05, 3.63) is 59.7 Å². The third-order valence-electron chi connectivity index (χ3n) is 3.45. The monoisotopic (exact) mass is 312 g/mol. The molecule has 0 spiro atoms. The Morgan fingerprint density at radius 1 is 0.739 bits per heavy atom. The summed E-state index contributed by atoms with van der Waals surface area (Å²) in [6.45, 7) is 0. The third-order valence-corrected chi connectivity index (χ3v) is 3.45. The molecule has 0 aliphatic rings. The van der Waals surface area contributed by atoms with Crippen molar-refractivity contribution in [3.8, 4) is 11.5 Å². The summed E-state index contributed by atoms with van der Waals surface area (Å²) in [5, 5.41) is 0. The van der Waals surface area contributed by atoms with Crippen LogP contribution in [0.5, 0.6) is 11.5 Å². The van der Waals surface area contributed by atoms with Crippen molar-refractivity contribution >= 4 is 11.8 Å². The molecule has 0 radical (unpaired) electrons. The summed E-state index contributed by atoms with van der Waals surface area (Å²) < 4.78 is 6.00. The lowest BCUT2D eigenvalue weighted by Crippen LogP contribution is -2.12.